The summed E-state index contributed by atoms with van der Waals surface area (Å²) in [7, 11) is 0. The first-order chi connectivity index (χ1) is 14.8. The van der Waals surface area contributed by atoms with E-state index in [0.717, 1.165) is 43.7 Å². The van der Waals surface area contributed by atoms with Crippen LogP contribution >= 0.6 is 22.7 Å². The molecule has 2 heterocycles. The Morgan fingerprint density at radius 2 is 1.03 bits per heavy atom. The Hall–Kier alpha value is -3.59. The normalized spacial score (nSPS) is 10.6. The van der Waals surface area contributed by atoms with Crippen LogP contribution in [0.15, 0.2) is 89.6 Å². The number of nitrogens with zero attached hydrogens (tertiary/aromatic N) is 3. The van der Waals surface area contributed by atoms with Crippen molar-refractivity contribution in [3.63, 3.8) is 0 Å². The van der Waals surface area contributed by atoms with Crippen molar-refractivity contribution in [2.45, 2.75) is 0 Å². The molecule has 0 bridgehead atoms. The Kier molecular flexibility index (Phi) is 4.94. The van der Waals surface area contributed by atoms with Gasteiger partial charge in [-0.2, -0.15) is 5.26 Å². The maximum Gasteiger partial charge on any atom is 0.124 e. The maximum absolute atomic E-state index is 8.95. The van der Waals surface area contributed by atoms with E-state index in [1.807, 2.05) is 42.5 Å². The van der Waals surface area contributed by atoms with Crippen LogP contribution in [0.5, 0.6) is 0 Å². The highest BCUT2D eigenvalue weighted by molar-refractivity contribution is 7.13. The van der Waals surface area contributed by atoms with Crippen molar-refractivity contribution >= 4 is 22.7 Å². The molecule has 0 aliphatic heterocycles. The molecule has 0 unspecified atom stereocenters. The lowest BCUT2D eigenvalue weighted by Gasteiger charge is -2.00. The number of hydrogen-bond acceptors (Lipinski definition) is 5. The van der Waals surface area contributed by atoms with E-state index in [4.69, 9.17) is 15.2 Å². The summed E-state index contributed by atoms with van der Waals surface area (Å²) in [4.78, 5) is 9.57. The number of aromatic nitrogens is 2. The standard InChI is InChI=1S/C25H15N3S2/c26-14-17-6-8-18(9-7-17)22-15-30-25(28-22)21-12-10-19(11-13-21)23-16-29-24(27-23)20-4-2-1-3-5-20/h1-13,15-16H. The van der Waals surface area contributed by atoms with Crippen molar-refractivity contribution < 1.29 is 0 Å². The van der Waals surface area contributed by atoms with Crippen molar-refractivity contribution in [2.24, 2.45) is 0 Å². The first-order valence-corrected chi connectivity index (χ1v) is 11.1. The van der Waals surface area contributed by atoms with Gasteiger partial charge >= 0.3 is 0 Å². The van der Waals surface area contributed by atoms with E-state index in [2.05, 4.69) is 53.2 Å². The van der Waals surface area contributed by atoms with Gasteiger partial charge in [0, 0.05) is 33.0 Å². The average Bonchev–Trinajstić information content (AvgIpc) is 3.50. The van der Waals surface area contributed by atoms with Crippen LogP contribution in [-0.4, -0.2) is 9.97 Å². The molecule has 0 aliphatic rings. The first kappa shape index (κ1) is 18.4. The van der Waals surface area contributed by atoms with Gasteiger partial charge in [0.2, 0.25) is 0 Å². The Morgan fingerprint density at radius 3 is 1.57 bits per heavy atom. The van der Waals surface area contributed by atoms with E-state index in [1.165, 1.54) is 0 Å². The zero-order chi connectivity index (χ0) is 20.3. The summed E-state index contributed by atoms with van der Waals surface area (Å²) in [5, 5.41) is 15.1. The minimum atomic E-state index is 0.655. The van der Waals surface area contributed by atoms with E-state index in [0.29, 0.717) is 5.56 Å². The summed E-state index contributed by atoms with van der Waals surface area (Å²) in [6.45, 7) is 0. The molecule has 3 nitrogen and oxygen atoms in total. The highest BCUT2D eigenvalue weighted by Gasteiger charge is 2.09. The van der Waals surface area contributed by atoms with Crippen LogP contribution < -0.4 is 0 Å². The molecule has 2 aromatic heterocycles. The van der Waals surface area contributed by atoms with E-state index in [9.17, 15) is 0 Å². The molecule has 5 aromatic rings. The first-order valence-electron chi connectivity index (χ1n) is 9.38. The number of hydrogen-bond donors (Lipinski definition) is 0. The van der Waals surface area contributed by atoms with Gasteiger partial charge in [-0.25, -0.2) is 9.97 Å². The molecular formula is C25H15N3S2. The summed E-state index contributed by atoms with van der Waals surface area (Å²) < 4.78 is 0. The molecule has 5 rings (SSSR count). The second-order valence-corrected chi connectivity index (χ2v) is 8.42. The van der Waals surface area contributed by atoms with Crippen LogP contribution in [0.3, 0.4) is 0 Å². The molecule has 0 N–H and O–H groups in total. The molecule has 142 valence electrons. The lowest BCUT2D eigenvalue weighted by molar-refractivity contribution is 1.38. The molecule has 0 saturated carbocycles. The fraction of sp³-hybridized carbons (Fsp3) is 0. The Bertz CT molecular complexity index is 1330. The monoisotopic (exact) mass is 421 g/mol. The van der Waals surface area contributed by atoms with Gasteiger partial charge in [0.05, 0.1) is 23.0 Å². The molecule has 0 radical (unpaired) electrons. The minimum absolute atomic E-state index is 0.655. The molecule has 0 amide bonds. The van der Waals surface area contributed by atoms with Crippen molar-refractivity contribution in [1.29, 1.82) is 5.26 Å². The van der Waals surface area contributed by atoms with Crippen molar-refractivity contribution in [1.82, 2.24) is 9.97 Å². The summed E-state index contributed by atoms with van der Waals surface area (Å²) in [5.41, 5.74) is 6.91. The third-order valence-electron chi connectivity index (χ3n) is 4.77. The molecule has 0 fully saturated rings. The quantitative estimate of drug-likeness (QED) is 0.310. The van der Waals surface area contributed by atoms with E-state index >= 15 is 0 Å². The third-order valence-corrected chi connectivity index (χ3v) is 6.55. The van der Waals surface area contributed by atoms with Crippen LogP contribution in [0, 0.1) is 11.3 Å². The van der Waals surface area contributed by atoms with Gasteiger partial charge in [-0.3, -0.25) is 0 Å². The van der Waals surface area contributed by atoms with Gasteiger partial charge in [0.15, 0.2) is 0 Å². The van der Waals surface area contributed by atoms with Crippen LogP contribution in [-0.2, 0) is 0 Å². The second kappa shape index (κ2) is 8.03. The minimum Gasteiger partial charge on any atom is -0.236 e. The topological polar surface area (TPSA) is 49.6 Å². The molecule has 5 heteroatoms. The number of benzene rings is 3. The third kappa shape index (κ3) is 3.67. The lowest BCUT2D eigenvalue weighted by atomic mass is 10.1. The molecule has 0 atom stereocenters. The molecule has 0 saturated heterocycles. The van der Waals surface area contributed by atoms with E-state index in [1.54, 1.807) is 22.7 Å². The van der Waals surface area contributed by atoms with Crippen molar-refractivity contribution in [3.8, 4) is 49.7 Å². The lowest BCUT2D eigenvalue weighted by Crippen LogP contribution is -1.82. The maximum atomic E-state index is 8.95. The smallest absolute Gasteiger partial charge is 0.124 e. The summed E-state index contributed by atoms with van der Waals surface area (Å²) >= 11 is 3.28. The molecule has 3 aromatic carbocycles. The summed E-state index contributed by atoms with van der Waals surface area (Å²) in [5.74, 6) is 0. The fourth-order valence-corrected chi connectivity index (χ4v) is 4.83. The summed E-state index contributed by atoms with van der Waals surface area (Å²) in [6.07, 6.45) is 0. The predicted octanol–water partition coefficient (Wildman–Crippen LogP) is 7.14. The number of nitriles is 1. The zero-order valence-electron chi connectivity index (χ0n) is 15.8. The molecule has 0 aliphatic carbocycles. The van der Waals surface area contributed by atoms with E-state index < -0.39 is 0 Å². The van der Waals surface area contributed by atoms with Gasteiger partial charge in [0.1, 0.15) is 10.0 Å². The largest absolute Gasteiger partial charge is 0.236 e. The number of rotatable bonds is 4. The predicted molar refractivity (Wildman–Crippen MR) is 124 cm³/mol. The highest BCUT2D eigenvalue weighted by atomic mass is 32.1. The summed E-state index contributed by atoms with van der Waals surface area (Å²) in [6, 6.07) is 28.3. The fourth-order valence-electron chi connectivity index (χ4n) is 3.16. The van der Waals surface area contributed by atoms with Gasteiger partial charge < -0.3 is 0 Å². The van der Waals surface area contributed by atoms with Gasteiger partial charge in [-0.15, -0.1) is 22.7 Å². The average molecular weight is 422 g/mol. The van der Waals surface area contributed by atoms with Gasteiger partial charge in [-0.1, -0.05) is 66.7 Å². The van der Waals surface area contributed by atoms with Crippen LogP contribution in [0.25, 0.3) is 43.7 Å². The Morgan fingerprint density at radius 1 is 0.567 bits per heavy atom. The molecule has 0 spiro atoms. The van der Waals surface area contributed by atoms with Crippen LogP contribution in [0.1, 0.15) is 5.56 Å². The molecule has 30 heavy (non-hydrogen) atoms. The number of thiazole rings is 2. The van der Waals surface area contributed by atoms with E-state index in [-0.39, 0.29) is 0 Å². The Balaban J connectivity index is 1.37. The highest BCUT2D eigenvalue weighted by Crippen LogP contribution is 2.32. The second-order valence-electron chi connectivity index (χ2n) is 6.71. The zero-order valence-corrected chi connectivity index (χ0v) is 17.5. The Labute approximate surface area is 182 Å². The van der Waals surface area contributed by atoms with Gasteiger partial charge in [0.25, 0.3) is 0 Å². The van der Waals surface area contributed by atoms with Crippen LogP contribution in [0.2, 0.25) is 0 Å². The van der Waals surface area contributed by atoms with Crippen molar-refractivity contribution in [2.75, 3.05) is 0 Å². The van der Waals surface area contributed by atoms with Gasteiger partial charge in [-0.05, 0) is 12.1 Å². The van der Waals surface area contributed by atoms with Crippen LogP contribution in [0.4, 0.5) is 0 Å². The van der Waals surface area contributed by atoms with Crippen molar-refractivity contribution in [3.05, 3.63) is 95.2 Å². The molecular weight excluding hydrogens is 406 g/mol. The SMILES string of the molecule is N#Cc1ccc(-c2csc(-c3ccc(-c4csc(-c5ccccc5)n4)cc3)n2)cc1.